The average Bonchev–Trinajstić information content (AvgIpc) is 2.23. The van der Waals surface area contributed by atoms with E-state index in [4.69, 9.17) is 5.11 Å². The normalized spacial score (nSPS) is 10.5. The van der Waals surface area contributed by atoms with Crippen LogP contribution in [0.5, 0.6) is 0 Å². The molecule has 1 rings (SSSR count). The molecule has 0 saturated carbocycles. The lowest BCUT2D eigenvalue weighted by atomic mass is 10.2. The van der Waals surface area contributed by atoms with Crippen LogP contribution in [0.25, 0.3) is 0 Å². The van der Waals surface area contributed by atoms with Crippen molar-refractivity contribution in [2.45, 2.75) is 25.8 Å². The van der Waals surface area contributed by atoms with Crippen molar-refractivity contribution in [2.75, 3.05) is 13.2 Å². The van der Waals surface area contributed by atoms with E-state index in [1.54, 1.807) is 6.20 Å². The Bertz CT molecular complexity index is 281. The number of halogens is 1. The Morgan fingerprint density at radius 2 is 2.13 bits per heavy atom. The van der Waals surface area contributed by atoms with Gasteiger partial charge in [-0.3, -0.25) is 4.98 Å². The fourth-order valence-electron chi connectivity index (χ4n) is 1.32. The lowest BCUT2D eigenvalue weighted by Crippen LogP contribution is -2.15. The van der Waals surface area contributed by atoms with Crippen LogP contribution in [0, 0.1) is 5.82 Å². The van der Waals surface area contributed by atoms with Gasteiger partial charge in [0.2, 0.25) is 0 Å². The number of aliphatic hydroxyl groups is 1. The van der Waals surface area contributed by atoms with E-state index in [2.05, 4.69) is 10.3 Å². The average molecular weight is 212 g/mol. The number of hydrogen-bond acceptors (Lipinski definition) is 3. The largest absolute Gasteiger partial charge is 0.396 e. The smallest absolute Gasteiger partial charge is 0.141 e. The molecule has 3 nitrogen and oxygen atoms in total. The van der Waals surface area contributed by atoms with Crippen molar-refractivity contribution >= 4 is 0 Å². The molecule has 1 aromatic rings. The van der Waals surface area contributed by atoms with Gasteiger partial charge in [-0.2, -0.15) is 0 Å². The molecule has 0 aliphatic heterocycles. The summed E-state index contributed by atoms with van der Waals surface area (Å²) in [5, 5.41) is 11.8. The highest BCUT2D eigenvalue weighted by Gasteiger charge is 1.95. The molecular formula is C11H17FN2O. The van der Waals surface area contributed by atoms with Crippen LogP contribution in [0.15, 0.2) is 18.5 Å². The van der Waals surface area contributed by atoms with Gasteiger partial charge in [-0.1, -0.05) is 0 Å². The molecule has 2 N–H and O–H groups in total. The molecule has 0 aliphatic rings. The van der Waals surface area contributed by atoms with Gasteiger partial charge in [0.05, 0.1) is 6.20 Å². The summed E-state index contributed by atoms with van der Waals surface area (Å²) in [6.07, 6.45) is 5.76. The lowest BCUT2D eigenvalue weighted by Gasteiger charge is -2.04. The molecule has 0 spiro atoms. The number of pyridine rings is 1. The Morgan fingerprint density at radius 3 is 2.87 bits per heavy atom. The van der Waals surface area contributed by atoms with E-state index in [1.165, 1.54) is 12.3 Å². The SMILES string of the molecule is OCCCCCNCc1cncc(F)c1. The van der Waals surface area contributed by atoms with Crippen molar-refractivity contribution in [3.8, 4) is 0 Å². The number of nitrogens with one attached hydrogen (secondary N) is 1. The molecule has 0 radical (unpaired) electrons. The Labute approximate surface area is 89.4 Å². The quantitative estimate of drug-likeness (QED) is 0.673. The molecule has 15 heavy (non-hydrogen) atoms. The van der Waals surface area contributed by atoms with Gasteiger partial charge in [-0.15, -0.1) is 0 Å². The number of unbranched alkanes of at least 4 members (excludes halogenated alkanes) is 2. The predicted molar refractivity (Wildman–Crippen MR) is 56.8 cm³/mol. The molecule has 0 amide bonds. The zero-order valence-corrected chi connectivity index (χ0v) is 8.75. The van der Waals surface area contributed by atoms with Gasteiger partial charge >= 0.3 is 0 Å². The van der Waals surface area contributed by atoms with Crippen LogP contribution in [-0.4, -0.2) is 23.2 Å². The standard InChI is InChI=1S/C11H17FN2O/c12-11-6-10(8-14-9-11)7-13-4-2-1-3-5-15/h6,8-9,13,15H,1-5,7H2. The van der Waals surface area contributed by atoms with Gasteiger partial charge in [0.25, 0.3) is 0 Å². The van der Waals surface area contributed by atoms with Crippen LogP contribution in [0.3, 0.4) is 0 Å². The first kappa shape index (κ1) is 12.1. The van der Waals surface area contributed by atoms with Crippen LogP contribution in [0.2, 0.25) is 0 Å². The minimum absolute atomic E-state index is 0.258. The summed E-state index contributed by atoms with van der Waals surface area (Å²) in [7, 11) is 0. The van der Waals surface area contributed by atoms with Gasteiger partial charge in [0.1, 0.15) is 5.82 Å². The van der Waals surface area contributed by atoms with Gasteiger partial charge in [-0.25, -0.2) is 4.39 Å². The fourth-order valence-corrected chi connectivity index (χ4v) is 1.32. The first-order valence-corrected chi connectivity index (χ1v) is 5.24. The van der Waals surface area contributed by atoms with Gasteiger partial charge in [-0.05, 0) is 37.4 Å². The highest BCUT2D eigenvalue weighted by Crippen LogP contribution is 2.00. The third-order valence-corrected chi connectivity index (χ3v) is 2.10. The Kier molecular flexibility index (Phi) is 5.88. The van der Waals surface area contributed by atoms with Crippen molar-refractivity contribution in [2.24, 2.45) is 0 Å². The maximum absolute atomic E-state index is 12.7. The van der Waals surface area contributed by atoms with Gasteiger partial charge < -0.3 is 10.4 Å². The van der Waals surface area contributed by atoms with Crippen molar-refractivity contribution in [1.29, 1.82) is 0 Å². The summed E-state index contributed by atoms with van der Waals surface area (Å²) in [4.78, 5) is 3.76. The molecule has 0 unspecified atom stereocenters. The fraction of sp³-hybridized carbons (Fsp3) is 0.545. The second-order valence-corrected chi connectivity index (χ2v) is 3.47. The second-order valence-electron chi connectivity index (χ2n) is 3.47. The molecule has 4 heteroatoms. The van der Waals surface area contributed by atoms with E-state index < -0.39 is 0 Å². The maximum Gasteiger partial charge on any atom is 0.141 e. The molecule has 0 aliphatic carbocycles. The highest BCUT2D eigenvalue weighted by molar-refractivity contribution is 5.09. The summed E-state index contributed by atoms with van der Waals surface area (Å²) in [6, 6.07) is 1.48. The summed E-state index contributed by atoms with van der Waals surface area (Å²) in [5.41, 5.74) is 0.858. The third kappa shape index (κ3) is 5.44. The molecule has 0 atom stereocenters. The van der Waals surface area contributed by atoms with Crippen molar-refractivity contribution in [3.63, 3.8) is 0 Å². The molecule has 1 heterocycles. The predicted octanol–water partition coefficient (Wildman–Crippen LogP) is 1.47. The Hall–Kier alpha value is -1.00. The minimum Gasteiger partial charge on any atom is -0.396 e. The Morgan fingerprint density at radius 1 is 1.27 bits per heavy atom. The topological polar surface area (TPSA) is 45.1 Å². The monoisotopic (exact) mass is 212 g/mol. The number of rotatable bonds is 7. The summed E-state index contributed by atoms with van der Waals surface area (Å²) < 4.78 is 12.7. The van der Waals surface area contributed by atoms with Crippen LogP contribution >= 0.6 is 0 Å². The third-order valence-electron chi connectivity index (χ3n) is 2.10. The molecule has 1 aromatic heterocycles. The number of nitrogens with zero attached hydrogens (tertiary/aromatic N) is 1. The summed E-state index contributed by atoms with van der Waals surface area (Å²) >= 11 is 0. The highest BCUT2D eigenvalue weighted by atomic mass is 19.1. The molecule has 0 bridgehead atoms. The van der Waals surface area contributed by atoms with E-state index in [0.717, 1.165) is 31.4 Å². The second kappa shape index (κ2) is 7.31. The lowest BCUT2D eigenvalue weighted by molar-refractivity contribution is 0.283. The van der Waals surface area contributed by atoms with Gasteiger partial charge in [0, 0.05) is 19.3 Å². The van der Waals surface area contributed by atoms with Crippen LogP contribution < -0.4 is 5.32 Å². The molecule has 0 saturated heterocycles. The van der Waals surface area contributed by atoms with E-state index in [-0.39, 0.29) is 12.4 Å². The van der Waals surface area contributed by atoms with Crippen molar-refractivity contribution < 1.29 is 9.50 Å². The van der Waals surface area contributed by atoms with E-state index in [9.17, 15) is 4.39 Å². The van der Waals surface area contributed by atoms with Gasteiger partial charge in [0.15, 0.2) is 0 Å². The van der Waals surface area contributed by atoms with Crippen LogP contribution in [0.1, 0.15) is 24.8 Å². The van der Waals surface area contributed by atoms with Crippen molar-refractivity contribution in [1.82, 2.24) is 10.3 Å². The minimum atomic E-state index is -0.297. The molecule has 0 fully saturated rings. The van der Waals surface area contributed by atoms with Crippen LogP contribution in [-0.2, 0) is 6.54 Å². The number of aliphatic hydroxyl groups excluding tert-OH is 1. The molecule has 0 aromatic carbocycles. The van der Waals surface area contributed by atoms with Crippen molar-refractivity contribution in [3.05, 3.63) is 29.8 Å². The maximum atomic E-state index is 12.7. The van der Waals surface area contributed by atoms with E-state index in [1.807, 2.05) is 0 Å². The number of hydrogen-bond donors (Lipinski definition) is 2. The summed E-state index contributed by atoms with van der Waals surface area (Å²) in [6.45, 7) is 1.79. The first-order valence-electron chi connectivity index (χ1n) is 5.24. The zero-order chi connectivity index (χ0) is 10.9. The van der Waals surface area contributed by atoms with E-state index >= 15 is 0 Å². The zero-order valence-electron chi connectivity index (χ0n) is 8.75. The van der Waals surface area contributed by atoms with E-state index in [0.29, 0.717) is 6.54 Å². The molecular weight excluding hydrogens is 195 g/mol. The first-order chi connectivity index (χ1) is 7.33. The molecule has 84 valence electrons. The van der Waals surface area contributed by atoms with Crippen LogP contribution in [0.4, 0.5) is 4.39 Å². The summed E-state index contributed by atoms with van der Waals surface area (Å²) in [5.74, 6) is -0.297. The number of aromatic nitrogens is 1. The Balaban J connectivity index is 2.10.